The number of rotatable bonds is 5. The van der Waals surface area contributed by atoms with Crippen LogP contribution in [0.1, 0.15) is 0 Å². The van der Waals surface area contributed by atoms with Gasteiger partial charge in [-0.25, -0.2) is 8.42 Å². The van der Waals surface area contributed by atoms with Gasteiger partial charge in [-0.2, -0.15) is 0 Å². The molecular weight excluding hydrogens is 260 g/mol. The normalized spacial score (nSPS) is 11.1. The molecule has 1 rings (SSSR count). The summed E-state index contributed by atoms with van der Waals surface area (Å²) in [4.78, 5) is 13.3. The predicted octanol–water partition coefficient (Wildman–Crippen LogP) is 0.937. The van der Waals surface area contributed by atoms with E-state index in [1.165, 1.54) is 18.3 Å². The number of nitrogens with zero attached hydrogens (tertiary/aromatic N) is 2. The number of ether oxygens (including phenoxy) is 1. The molecule has 1 aromatic heterocycles. The molecule has 1 heterocycles. The Labute approximate surface area is 95.6 Å². The summed E-state index contributed by atoms with van der Waals surface area (Å²) >= 11 is 0. The fourth-order valence-corrected chi connectivity index (χ4v) is 1.35. The van der Waals surface area contributed by atoms with Crippen molar-refractivity contribution in [2.24, 2.45) is 0 Å². The SMILES string of the molecule is O=[N+]([O-])c1ncccc1OCCS(=O)(=O)Cl. The van der Waals surface area contributed by atoms with Gasteiger partial charge in [-0.1, -0.05) is 0 Å². The largest absolute Gasteiger partial charge is 0.485 e. The second-order valence-electron chi connectivity index (χ2n) is 2.67. The van der Waals surface area contributed by atoms with E-state index in [9.17, 15) is 18.5 Å². The van der Waals surface area contributed by atoms with E-state index in [-0.39, 0.29) is 12.4 Å². The Morgan fingerprint density at radius 1 is 1.56 bits per heavy atom. The standard InChI is InChI=1S/C7H7ClN2O5S/c8-16(13,14)5-4-15-6-2-1-3-9-7(6)10(11)12/h1-3H,4-5H2. The zero-order valence-corrected chi connectivity index (χ0v) is 9.44. The fraction of sp³-hybridized carbons (Fsp3) is 0.286. The van der Waals surface area contributed by atoms with Crippen LogP contribution in [0.25, 0.3) is 0 Å². The summed E-state index contributed by atoms with van der Waals surface area (Å²) in [7, 11) is 1.27. The smallest absolute Gasteiger partial charge is 0.406 e. The van der Waals surface area contributed by atoms with E-state index >= 15 is 0 Å². The van der Waals surface area contributed by atoms with Crippen molar-refractivity contribution in [2.45, 2.75) is 0 Å². The Balaban J connectivity index is 2.71. The minimum atomic E-state index is -3.67. The molecule has 0 unspecified atom stereocenters. The van der Waals surface area contributed by atoms with Crippen LogP contribution < -0.4 is 4.74 Å². The average molecular weight is 267 g/mol. The monoisotopic (exact) mass is 266 g/mol. The van der Waals surface area contributed by atoms with Gasteiger partial charge in [0, 0.05) is 10.7 Å². The molecule has 0 aliphatic carbocycles. The Morgan fingerprint density at radius 2 is 2.25 bits per heavy atom. The summed E-state index contributed by atoms with van der Waals surface area (Å²) in [6.07, 6.45) is 1.24. The third kappa shape index (κ3) is 3.99. The first kappa shape index (κ1) is 12.7. The Hall–Kier alpha value is -1.41. The molecule has 1 aromatic rings. The topological polar surface area (TPSA) is 99.4 Å². The van der Waals surface area contributed by atoms with Crippen molar-refractivity contribution in [1.82, 2.24) is 4.98 Å². The lowest BCUT2D eigenvalue weighted by Crippen LogP contribution is -2.10. The van der Waals surface area contributed by atoms with Gasteiger partial charge in [0.2, 0.25) is 14.8 Å². The first-order valence-corrected chi connectivity index (χ1v) is 6.52. The quantitative estimate of drug-likeness (QED) is 0.447. The van der Waals surface area contributed by atoms with Gasteiger partial charge in [0.25, 0.3) is 0 Å². The molecule has 0 fully saturated rings. The highest BCUT2D eigenvalue weighted by Gasteiger charge is 2.16. The average Bonchev–Trinajstić information content (AvgIpc) is 2.16. The highest BCUT2D eigenvalue weighted by molar-refractivity contribution is 8.13. The second kappa shape index (κ2) is 5.08. The van der Waals surface area contributed by atoms with Crippen LogP contribution in [0, 0.1) is 10.1 Å². The van der Waals surface area contributed by atoms with Gasteiger partial charge in [0.1, 0.15) is 12.8 Å². The van der Waals surface area contributed by atoms with Crippen molar-refractivity contribution < 1.29 is 18.1 Å². The maximum absolute atomic E-state index is 10.6. The molecule has 9 heteroatoms. The van der Waals surface area contributed by atoms with E-state index in [0.29, 0.717) is 0 Å². The van der Waals surface area contributed by atoms with Gasteiger partial charge in [-0.05, 0) is 22.0 Å². The Kier molecular flexibility index (Phi) is 4.02. The van der Waals surface area contributed by atoms with Gasteiger partial charge < -0.3 is 14.9 Å². The van der Waals surface area contributed by atoms with Crippen molar-refractivity contribution in [3.63, 3.8) is 0 Å². The predicted molar refractivity (Wildman–Crippen MR) is 56.0 cm³/mol. The van der Waals surface area contributed by atoms with Crippen LogP contribution in [0.2, 0.25) is 0 Å². The number of aromatic nitrogens is 1. The van der Waals surface area contributed by atoms with Gasteiger partial charge in [-0.15, -0.1) is 0 Å². The molecule has 7 nitrogen and oxygen atoms in total. The molecule has 0 aromatic carbocycles. The van der Waals surface area contributed by atoms with Crippen molar-refractivity contribution in [1.29, 1.82) is 0 Å². The summed E-state index contributed by atoms with van der Waals surface area (Å²) in [5, 5.41) is 10.5. The van der Waals surface area contributed by atoms with E-state index in [4.69, 9.17) is 15.4 Å². The van der Waals surface area contributed by atoms with Crippen molar-refractivity contribution >= 4 is 25.6 Å². The van der Waals surface area contributed by atoms with Crippen LogP contribution in [0.4, 0.5) is 5.82 Å². The summed E-state index contributed by atoms with van der Waals surface area (Å²) in [5.41, 5.74) is 0. The van der Waals surface area contributed by atoms with E-state index < -0.39 is 25.5 Å². The summed E-state index contributed by atoms with van der Waals surface area (Å²) < 4.78 is 26.1. The van der Waals surface area contributed by atoms with E-state index in [0.717, 1.165) is 0 Å². The molecule has 16 heavy (non-hydrogen) atoms. The molecule has 0 N–H and O–H groups in total. The minimum Gasteiger partial charge on any atom is -0.485 e. The number of hydrogen-bond donors (Lipinski definition) is 0. The van der Waals surface area contributed by atoms with E-state index in [1.54, 1.807) is 0 Å². The molecule has 0 aliphatic heterocycles. The summed E-state index contributed by atoms with van der Waals surface area (Å²) in [6.45, 7) is -0.266. The molecule has 0 spiro atoms. The molecule has 0 amide bonds. The highest BCUT2D eigenvalue weighted by Crippen LogP contribution is 2.22. The minimum absolute atomic E-state index is 0.0900. The third-order valence-electron chi connectivity index (χ3n) is 1.51. The van der Waals surface area contributed by atoms with Crippen LogP contribution >= 0.6 is 10.7 Å². The second-order valence-corrected chi connectivity index (χ2v) is 5.57. The molecule has 88 valence electrons. The number of hydrogen-bond acceptors (Lipinski definition) is 6. The maximum atomic E-state index is 10.6. The summed E-state index contributed by atoms with van der Waals surface area (Å²) in [6, 6.07) is 2.77. The Morgan fingerprint density at radius 3 is 2.81 bits per heavy atom. The van der Waals surface area contributed by atoms with Crippen LogP contribution in [-0.4, -0.2) is 30.7 Å². The fourth-order valence-electron chi connectivity index (χ4n) is 0.883. The molecule has 0 bridgehead atoms. The van der Waals surface area contributed by atoms with Crippen molar-refractivity contribution in [2.75, 3.05) is 12.4 Å². The van der Waals surface area contributed by atoms with Crippen LogP contribution in [0.5, 0.6) is 5.75 Å². The van der Waals surface area contributed by atoms with Gasteiger partial charge >= 0.3 is 5.82 Å². The highest BCUT2D eigenvalue weighted by atomic mass is 35.7. The number of halogens is 1. The molecule has 0 saturated carbocycles. The lowest BCUT2D eigenvalue weighted by Gasteiger charge is -2.03. The zero-order chi connectivity index (χ0) is 12.2. The van der Waals surface area contributed by atoms with Crippen molar-refractivity contribution in [3.05, 3.63) is 28.4 Å². The molecule has 0 radical (unpaired) electrons. The van der Waals surface area contributed by atoms with E-state index in [2.05, 4.69) is 4.98 Å². The lowest BCUT2D eigenvalue weighted by molar-refractivity contribution is -0.390. The van der Waals surface area contributed by atoms with Crippen molar-refractivity contribution in [3.8, 4) is 5.75 Å². The first-order chi connectivity index (χ1) is 7.40. The molecule has 0 atom stereocenters. The van der Waals surface area contributed by atoms with E-state index in [1.807, 2.05) is 0 Å². The molecule has 0 aliphatic rings. The maximum Gasteiger partial charge on any atom is 0.406 e. The first-order valence-electron chi connectivity index (χ1n) is 4.05. The van der Waals surface area contributed by atoms with Crippen LogP contribution in [0.15, 0.2) is 18.3 Å². The molecule has 0 saturated heterocycles. The van der Waals surface area contributed by atoms with Gasteiger partial charge in [0.15, 0.2) is 0 Å². The van der Waals surface area contributed by atoms with Gasteiger partial charge in [-0.3, -0.25) is 0 Å². The van der Waals surface area contributed by atoms with Gasteiger partial charge in [0.05, 0.1) is 5.75 Å². The number of pyridine rings is 1. The zero-order valence-electron chi connectivity index (χ0n) is 7.87. The Bertz CT molecular complexity index is 489. The molecular formula is C7H7ClN2O5S. The number of nitro groups is 1. The van der Waals surface area contributed by atoms with Crippen LogP contribution in [0.3, 0.4) is 0 Å². The van der Waals surface area contributed by atoms with Crippen LogP contribution in [-0.2, 0) is 9.05 Å². The lowest BCUT2D eigenvalue weighted by atomic mass is 10.4. The third-order valence-corrected chi connectivity index (χ3v) is 2.63. The summed E-state index contributed by atoms with van der Waals surface area (Å²) in [5.74, 6) is -0.983.